The fourth-order valence-electron chi connectivity index (χ4n) is 3.67. The van der Waals surface area contributed by atoms with E-state index in [1.54, 1.807) is 6.92 Å². The minimum atomic E-state index is -4.66. The molecule has 8 nitrogen and oxygen atoms in total. The smallest absolute Gasteiger partial charge is 0.423 e. The van der Waals surface area contributed by atoms with Gasteiger partial charge in [-0.25, -0.2) is 4.98 Å². The Kier molecular flexibility index (Phi) is 5.74. The maximum Gasteiger partial charge on any atom is 0.492 e. The predicted molar refractivity (Wildman–Crippen MR) is 106 cm³/mol. The summed E-state index contributed by atoms with van der Waals surface area (Å²) in [5.74, 6) is 0.312. The maximum absolute atomic E-state index is 13.5. The number of hydrogen-bond acceptors (Lipinski definition) is 8. The topological polar surface area (TPSA) is 112 Å². The molecule has 3 heterocycles. The summed E-state index contributed by atoms with van der Waals surface area (Å²) in [5, 5.41) is 25.1. The van der Waals surface area contributed by atoms with E-state index >= 15 is 0 Å². The average molecular weight is 433 g/mol. The molecule has 2 aliphatic rings. The third-order valence-corrected chi connectivity index (χ3v) is 5.29. The van der Waals surface area contributed by atoms with Crippen LogP contribution in [0.15, 0.2) is 18.3 Å². The average Bonchev–Trinajstić information content (AvgIpc) is 3.10. The highest BCUT2D eigenvalue weighted by Crippen LogP contribution is 2.33. The van der Waals surface area contributed by atoms with Crippen molar-refractivity contribution in [3.8, 4) is 6.07 Å². The van der Waals surface area contributed by atoms with Gasteiger partial charge in [-0.1, -0.05) is 0 Å². The van der Waals surface area contributed by atoms with Crippen molar-refractivity contribution in [1.82, 2.24) is 9.97 Å². The number of halogens is 3. The lowest BCUT2D eigenvalue weighted by Gasteiger charge is -2.28. The molecule has 1 unspecified atom stereocenters. The van der Waals surface area contributed by atoms with Gasteiger partial charge in [-0.3, -0.25) is 0 Å². The zero-order chi connectivity index (χ0) is 22.2. The van der Waals surface area contributed by atoms with Crippen molar-refractivity contribution in [3.63, 3.8) is 0 Å². The monoisotopic (exact) mass is 433 g/mol. The van der Waals surface area contributed by atoms with Gasteiger partial charge in [0.25, 0.3) is 0 Å². The Balaban J connectivity index is 1.61. The highest BCUT2D eigenvalue weighted by Gasteiger charge is 2.41. The van der Waals surface area contributed by atoms with Crippen LogP contribution >= 0.6 is 0 Å². The maximum atomic E-state index is 13.5. The lowest BCUT2D eigenvalue weighted by molar-refractivity contribution is -0.136. The van der Waals surface area contributed by atoms with Gasteiger partial charge >= 0.3 is 13.3 Å². The van der Waals surface area contributed by atoms with Crippen molar-refractivity contribution in [2.75, 3.05) is 23.8 Å². The molecule has 162 valence electrons. The van der Waals surface area contributed by atoms with Gasteiger partial charge in [0.1, 0.15) is 5.82 Å². The minimum absolute atomic E-state index is 0.0888. The molecule has 31 heavy (non-hydrogen) atoms. The molecule has 0 aliphatic carbocycles. The minimum Gasteiger partial charge on any atom is -0.423 e. The number of rotatable bonds is 4. The van der Waals surface area contributed by atoms with Crippen LogP contribution in [-0.4, -0.2) is 41.4 Å². The molecule has 0 radical (unpaired) electrons. The summed E-state index contributed by atoms with van der Waals surface area (Å²) in [7, 11) is -1.61. The summed E-state index contributed by atoms with van der Waals surface area (Å²) in [6, 6.07) is 4.37. The Morgan fingerprint density at radius 2 is 2.16 bits per heavy atom. The molecule has 2 aliphatic heterocycles. The molecule has 0 bridgehead atoms. The third kappa shape index (κ3) is 4.44. The molecule has 2 aromatic rings. The number of nitrogens with one attached hydrogen (secondary N) is 2. The lowest BCUT2D eigenvalue weighted by Crippen LogP contribution is -2.38. The van der Waals surface area contributed by atoms with E-state index in [2.05, 4.69) is 26.7 Å². The van der Waals surface area contributed by atoms with Crippen LogP contribution in [0.5, 0.6) is 0 Å². The van der Waals surface area contributed by atoms with Gasteiger partial charge in [0, 0.05) is 29.5 Å². The van der Waals surface area contributed by atoms with Crippen LogP contribution < -0.4 is 16.1 Å². The standard InChI is InChI=1S/C19H19BF3N5O3/c1-10-7-25-18(28-17(10)27-15-9-30-3-2-11(15)6-24)26-13-4-12-8-31-20(29)16(12)14(5-13)19(21,22)23/h4-5,7,11,15,29H,2-3,8-9H2,1H3,(H2,25,26,27,28)/t11-,15?/m0/s1. The Bertz CT molecular complexity index is 1030. The molecule has 2 atom stereocenters. The molecule has 1 fully saturated rings. The summed E-state index contributed by atoms with van der Waals surface area (Å²) in [6.07, 6.45) is -2.52. The molecule has 3 N–H and O–H groups in total. The predicted octanol–water partition coefficient (Wildman–Crippen LogP) is 2.11. The molecule has 0 spiro atoms. The number of hydrogen-bond donors (Lipinski definition) is 3. The second-order valence-corrected chi connectivity index (χ2v) is 7.46. The van der Waals surface area contributed by atoms with Crippen molar-refractivity contribution in [1.29, 1.82) is 5.26 Å². The van der Waals surface area contributed by atoms with Crippen molar-refractivity contribution in [2.24, 2.45) is 5.92 Å². The van der Waals surface area contributed by atoms with E-state index in [4.69, 9.17) is 9.39 Å². The molecule has 0 saturated carbocycles. The first kappa shape index (κ1) is 21.4. The van der Waals surface area contributed by atoms with E-state index in [0.29, 0.717) is 31.0 Å². The first-order chi connectivity index (χ1) is 14.8. The zero-order valence-electron chi connectivity index (χ0n) is 16.5. The Morgan fingerprint density at radius 3 is 2.90 bits per heavy atom. The number of benzene rings is 1. The zero-order valence-corrected chi connectivity index (χ0v) is 16.5. The molecule has 4 rings (SSSR count). The Hall–Kier alpha value is -2.88. The normalized spacial score (nSPS) is 20.8. The summed E-state index contributed by atoms with van der Waals surface area (Å²) < 4.78 is 50.9. The van der Waals surface area contributed by atoms with Gasteiger partial charge in [0.05, 0.1) is 36.8 Å². The molecular formula is C19H19BF3N5O3. The second-order valence-electron chi connectivity index (χ2n) is 7.46. The van der Waals surface area contributed by atoms with E-state index < -0.39 is 18.9 Å². The van der Waals surface area contributed by atoms with Gasteiger partial charge in [-0.05, 0) is 31.0 Å². The fraction of sp³-hybridized carbons (Fsp3) is 0.421. The van der Waals surface area contributed by atoms with Gasteiger partial charge in [-0.15, -0.1) is 0 Å². The largest absolute Gasteiger partial charge is 0.492 e. The van der Waals surface area contributed by atoms with Gasteiger partial charge < -0.3 is 25.0 Å². The highest BCUT2D eigenvalue weighted by molar-refractivity contribution is 6.62. The van der Waals surface area contributed by atoms with Crippen molar-refractivity contribution in [3.05, 3.63) is 35.0 Å². The SMILES string of the molecule is Cc1cnc(Nc2cc3c(c(C(F)(F)F)c2)B(O)OC3)nc1NC1COCC[C@H]1C#N. The van der Waals surface area contributed by atoms with E-state index in [1.807, 2.05) is 0 Å². The van der Waals surface area contributed by atoms with E-state index in [9.17, 15) is 23.5 Å². The van der Waals surface area contributed by atoms with Crippen molar-refractivity contribution < 1.29 is 27.6 Å². The van der Waals surface area contributed by atoms with E-state index in [1.165, 1.54) is 12.3 Å². The van der Waals surface area contributed by atoms with Crippen LogP contribution in [0.4, 0.5) is 30.6 Å². The molecule has 12 heteroatoms. The number of anilines is 3. The van der Waals surface area contributed by atoms with Gasteiger partial charge in [0.2, 0.25) is 5.95 Å². The molecule has 0 amide bonds. The molecular weight excluding hydrogens is 414 g/mol. The lowest BCUT2D eigenvalue weighted by atomic mass is 9.75. The number of nitriles is 1. The number of aryl methyl sites for hydroxylation is 1. The first-order valence-corrected chi connectivity index (χ1v) is 9.64. The van der Waals surface area contributed by atoms with Crippen LogP contribution in [0, 0.1) is 24.2 Å². The van der Waals surface area contributed by atoms with Crippen LogP contribution in [0.25, 0.3) is 0 Å². The van der Waals surface area contributed by atoms with Crippen molar-refractivity contribution in [2.45, 2.75) is 32.2 Å². The molecule has 1 saturated heterocycles. The number of nitrogens with zero attached hydrogens (tertiary/aromatic N) is 3. The third-order valence-electron chi connectivity index (χ3n) is 5.29. The number of aromatic nitrogens is 2. The van der Waals surface area contributed by atoms with Crippen LogP contribution in [-0.2, 0) is 22.2 Å². The van der Waals surface area contributed by atoms with E-state index in [0.717, 1.165) is 6.07 Å². The summed E-state index contributed by atoms with van der Waals surface area (Å²) in [4.78, 5) is 8.52. The van der Waals surface area contributed by atoms with Crippen LogP contribution in [0.3, 0.4) is 0 Å². The van der Waals surface area contributed by atoms with E-state index in [-0.39, 0.29) is 41.2 Å². The van der Waals surface area contributed by atoms with Gasteiger partial charge in [-0.2, -0.15) is 23.4 Å². The number of fused-ring (bicyclic) bond motifs is 1. The molecule has 1 aromatic carbocycles. The Morgan fingerprint density at radius 1 is 1.35 bits per heavy atom. The Labute approximate surface area is 176 Å². The number of alkyl halides is 3. The highest BCUT2D eigenvalue weighted by atomic mass is 19.4. The fourth-order valence-corrected chi connectivity index (χ4v) is 3.67. The summed E-state index contributed by atoms with van der Waals surface area (Å²) in [5.41, 5.74) is -0.167. The summed E-state index contributed by atoms with van der Waals surface area (Å²) in [6.45, 7) is 2.53. The summed E-state index contributed by atoms with van der Waals surface area (Å²) >= 11 is 0. The van der Waals surface area contributed by atoms with Crippen molar-refractivity contribution >= 4 is 30.0 Å². The second kappa shape index (κ2) is 8.34. The molecule has 1 aromatic heterocycles. The van der Waals surface area contributed by atoms with Gasteiger partial charge in [0.15, 0.2) is 0 Å². The van der Waals surface area contributed by atoms with Crippen LogP contribution in [0.1, 0.15) is 23.1 Å². The quantitative estimate of drug-likeness (QED) is 0.629. The van der Waals surface area contributed by atoms with Crippen LogP contribution in [0.2, 0.25) is 0 Å². The first-order valence-electron chi connectivity index (χ1n) is 9.64. The number of ether oxygens (including phenoxy) is 1.